The van der Waals surface area contributed by atoms with Crippen LogP contribution < -0.4 is 4.90 Å². The zero-order chi connectivity index (χ0) is 14.1. The summed E-state index contributed by atoms with van der Waals surface area (Å²) in [6.45, 7) is 10.2. The molecule has 0 radical (unpaired) electrons. The minimum absolute atomic E-state index is 0.121. The van der Waals surface area contributed by atoms with Crippen LogP contribution in [0.4, 0.5) is 5.69 Å². The number of carboxylic acid groups (broad SMARTS) is 1. The summed E-state index contributed by atoms with van der Waals surface area (Å²) >= 11 is 0. The van der Waals surface area contributed by atoms with Crippen molar-refractivity contribution in [1.29, 1.82) is 0 Å². The van der Waals surface area contributed by atoms with Crippen LogP contribution in [0.25, 0.3) is 0 Å². The van der Waals surface area contributed by atoms with Crippen molar-refractivity contribution in [2.24, 2.45) is 0 Å². The Balaban J connectivity index is 3.15. The van der Waals surface area contributed by atoms with E-state index in [9.17, 15) is 4.79 Å². The van der Waals surface area contributed by atoms with E-state index in [0.29, 0.717) is 0 Å². The van der Waals surface area contributed by atoms with Gasteiger partial charge in [-0.05, 0) is 57.4 Å². The fraction of sp³-hybridized carbons (Fsp3) is 0.533. The van der Waals surface area contributed by atoms with Crippen LogP contribution in [0.15, 0.2) is 12.1 Å². The Morgan fingerprint density at radius 3 is 2.28 bits per heavy atom. The van der Waals surface area contributed by atoms with Crippen LogP contribution >= 0.6 is 0 Å². The van der Waals surface area contributed by atoms with Gasteiger partial charge in [0.25, 0.3) is 0 Å². The maximum atomic E-state index is 10.9. The Labute approximate surface area is 109 Å². The van der Waals surface area contributed by atoms with Gasteiger partial charge in [-0.25, -0.2) is 0 Å². The maximum Gasteiger partial charge on any atom is 0.305 e. The van der Waals surface area contributed by atoms with Crippen LogP contribution in [0, 0.1) is 20.8 Å². The van der Waals surface area contributed by atoms with Gasteiger partial charge >= 0.3 is 5.97 Å². The Bertz CT molecular complexity index is 464. The summed E-state index contributed by atoms with van der Waals surface area (Å²) in [6.07, 6.45) is 0.121. The lowest BCUT2D eigenvalue weighted by atomic mass is 9.95. The predicted octanol–water partition coefficient (Wildman–Crippen LogP) is 3.30. The first-order chi connectivity index (χ1) is 8.16. The van der Waals surface area contributed by atoms with E-state index in [0.717, 1.165) is 5.69 Å². The number of anilines is 1. The van der Waals surface area contributed by atoms with E-state index in [1.165, 1.54) is 16.7 Å². The zero-order valence-corrected chi connectivity index (χ0v) is 12.2. The van der Waals surface area contributed by atoms with Gasteiger partial charge < -0.3 is 10.0 Å². The van der Waals surface area contributed by atoms with Crippen molar-refractivity contribution in [3.8, 4) is 0 Å². The van der Waals surface area contributed by atoms with Gasteiger partial charge in [0, 0.05) is 18.3 Å². The molecule has 100 valence electrons. The van der Waals surface area contributed by atoms with Crippen LogP contribution in [-0.4, -0.2) is 23.7 Å². The normalized spacial score (nSPS) is 11.4. The van der Waals surface area contributed by atoms with Crippen LogP contribution in [0.2, 0.25) is 0 Å². The van der Waals surface area contributed by atoms with Crippen molar-refractivity contribution in [2.75, 3.05) is 11.9 Å². The maximum absolute atomic E-state index is 10.9. The van der Waals surface area contributed by atoms with Gasteiger partial charge in [-0.3, -0.25) is 4.79 Å². The van der Waals surface area contributed by atoms with Crippen LogP contribution in [0.3, 0.4) is 0 Å². The fourth-order valence-electron chi connectivity index (χ4n) is 2.12. The van der Waals surface area contributed by atoms with Gasteiger partial charge in [-0.15, -0.1) is 0 Å². The van der Waals surface area contributed by atoms with E-state index in [-0.39, 0.29) is 6.42 Å². The molecule has 0 saturated heterocycles. The highest BCUT2D eigenvalue weighted by Gasteiger charge is 2.28. The number of aliphatic carboxylic acids is 1. The van der Waals surface area contributed by atoms with Crippen LogP contribution in [0.1, 0.15) is 37.0 Å². The number of hydrogen-bond acceptors (Lipinski definition) is 2. The molecule has 1 aromatic carbocycles. The number of carbonyl (C=O) groups is 1. The van der Waals surface area contributed by atoms with E-state index in [4.69, 9.17) is 5.11 Å². The lowest BCUT2D eigenvalue weighted by Crippen LogP contribution is -2.43. The van der Waals surface area contributed by atoms with Crippen molar-refractivity contribution in [3.63, 3.8) is 0 Å². The first-order valence-corrected chi connectivity index (χ1v) is 6.19. The third-order valence-electron chi connectivity index (χ3n) is 3.88. The summed E-state index contributed by atoms with van der Waals surface area (Å²) in [5.74, 6) is -0.770. The van der Waals surface area contributed by atoms with Gasteiger partial charge in [0.1, 0.15) is 0 Å². The van der Waals surface area contributed by atoms with Gasteiger partial charge in [-0.2, -0.15) is 0 Å². The zero-order valence-electron chi connectivity index (χ0n) is 12.2. The Hall–Kier alpha value is -1.51. The smallest absolute Gasteiger partial charge is 0.305 e. The molecule has 3 nitrogen and oxygen atoms in total. The molecule has 0 aromatic heterocycles. The SMILES string of the molecule is Cc1ccc(N(C)C(C)(C)CC(=O)O)c(C)c1C. The largest absolute Gasteiger partial charge is 0.481 e. The summed E-state index contributed by atoms with van der Waals surface area (Å²) in [5.41, 5.74) is 4.45. The van der Waals surface area contributed by atoms with Gasteiger partial charge in [0.15, 0.2) is 0 Å². The highest BCUT2D eigenvalue weighted by atomic mass is 16.4. The average Bonchev–Trinajstić information content (AvgIpc) is 2.23. The monoisotopic (exact) mass is 249 g/mol. The molecular weight excluding hydrogens is 226 g/mol. The Morgan fingerprint density at radius 2 is 1.78 bits per heavy atom. The molecule has 1 aromatic rings. The molecule has 1 N–H and O–H groups in total. The molecule has 3 heteroatoms. The number of nitrogens with zero attached hydrogens (tertiary/aromatic N) is 1. The van der Waals surface area contributed by atoms with Crippen LogP contribution in [0.5, 0.6) is 0 Å². The second-order valence-corrected chi connectivity index (χ2v) is 5.59. The number of aryl methyl sites for hydroxylation is 1. The average molecular weight is 249 g/mol. The molecule has 0 fully saturated rings. The fourth-order valence-corrected chi connectivity index (χ4v) is 2.12. The first-order valence-electron chi connectivity index (χ1n) is 6.19. The van der Waals surface area contributed by atoms with Crippen molar-refractivity contribution in [3.05, 3.63) is 28.8 Å². The Kier molecular flexibility index (Phi) is 4.05. The highest BCUT2D eigenvalue weighted by Crippen LogP contribution is 2.30. The van der Waals surface area contributed by atoms with E-state index in [1.54, 1.807) is 0 Å². The molecule has 18 heavy (non-hydrogen) atoms. The van der Waals surface area contributed by atoms with E-state index in [2.05, 4.69) is 37.8 Å². The first kappa shape index (κ1) is 14.6. The second kappa shape index (κ2) is 5.01. The quantitative estimate of drug-likeness (QED) is 0.890. The number of hydrogen-bond donors (Lipinski definition) is 1. The van der Waals surface area contributed by atoms with Crippen molar-refractivity contribution < 1.29 is 9.90 Å². The molecule has 0 heterocycles. The van der Waals surface area contributed by atoms with Crippen molar-refractivity contribution in [2.45, 2.75) is 46.6 Å². The molecule has 0 amide bonds. The van der Waals surface area contributed by atoms with E-state index in [1.807, 2.05) is 20.9 Å². The predicted molar refractivity (Wildman–Crippen MR) is 75.4 cm³/mol. The van der Waals surface area contributed by atoms with E-state index >= 15 is 0 Å². The minimum atomic E-state index is -0.770. The van der Waals surface area contributed by atoms with Gasteiger partial charge in [0.2, 0.25) is 0 Å². The van der Waals surface area contributed by atoms with Crippen molar-refractivity contribution >= 4 is 11.7 Å². The number of carboxylic acids is 1. The third-order valence-corrected chi connectivity index (χ3v) is 3.88. The number of rotatable bonds is 4. The summed E-state index contributed by atoms with van der Waals surface area (Å²) in [6, 6.07) is 4.16. The molecule has 0 aliphatic heterocycles. The van der Waals surface area contributed by atoms with Gasteiger partial charge in [-0.1, -0.05) is 6.07 Å². The molecule has 0 aliphatic carbocycles. The second-order valence-electron chi connectivity index (χ2n) is 5.59. The summed E-state index contributed by atoms with van der Waals surface area (Å²) < 4.78 is 0. The molecular formula is C15H23NO2. The third kappa shape index (κ3) is 2.84. The minimum Gasteiger partial charge on any atom is -0.481 e. The lowest BCUT2D eigenvalue weighted by Gasteiger charge is -2.37. The van der Waals surface area contributed by atoms with Crippen molar-refractivity contribution in [1.82, 2.24) is 0 Å². The van der Waals surface area contributed by atoms with E-state index < -0.39 is 11.5 Å². The molecule has 1 rings (SSSR count). The molecule has 0 aliphatic rings. The van der Waals surface area contributed by atoms with Gasteiger partial charge in [0.05, 0.1) is 6.42 Å². The lowest BCUT2D eigenvalue weighted by molar-refractivity contribution is -0.138. The molecule has 0 atom stereocenters. The summed E-state index contributed by atoms with van der Waals surface area (Å²) in [7, 11) is 1.96. The standard InChI is InChI=1S/C15H23NO2/c1-10-7-8-13(12(3)11(10)2)16(6)15(4,5)9-14(17)18/h7-8H,9H2,1-6H3,(H,17,18). The topological polar surface area (TPSA) is 40.5 Å². The summed E-state index contributed by atoms with van der Waals surface area (Å²) in [5, 5.41) is 8.99. The summed E-state index contributed by atoms with van der Waals surface area (Å²) in [4.78, 5) is 13.0. The molecule has 0 unspecified atom stereocenters. The molecule has 0 bridgehead atoms. The highest BCUT2D eigenvalue weighted by molar-refractivity contribution is 5.70. The van der Waals surface area contributed by atoms with Crippen LogP contribution in [-0.2, 0) is 4.79 Å². The number of benzene rings is 1. The Morgan fingerprint density at radius 1 is 1.22 bits per heavy atom. The molecule has 0 spiro atoms. The molecule has 0 saturated carbocycles.